The predicted molar refractivity (Wildman–Crippen MR) is 87.7 cm³/mol. The van der Waals surface area contributed by atoms with Gasteiger partial charge in [0.15, 0.2) is 0 Å². The molecule has 0 bridgehead atoms. The van der Waals surface area contributed by atoms with Crippen LogP contribution in [0.1, 0.15) is 50.2 Å². The van der Waals surface area contributed by atoms with Gasteiger partial charge < -0.3 is 0 Å². The van der Waals surface area contributed by atoms with Crippen molar-refractivity contribution < 1.29 is 8.78 Å². The molecule has 1 saturated carbocycles. The van der Waals surface area contributed by atoms with Crippen LogP contribution in [0.3, 0.4) is 0 Å². The smallest absolute Gasteiger partial charge is 0.142 e. The number of aryl methyl sites for hydroxylation is 1. The lowest BCUT2D eigenvalue weighted by molar-refractivity contribution is 0.365. The summed E-state index contributed by atoms with van der Waals surface area (Å²) >= 11 is 5.59. The minimum absolute atomic E-state index is 0.0948. The molecule has 0 heterocycles. The molecule has 118 valence electrons. The zero-order chi connectivity index (χ0) is 15.9. The van der Waals surface area contributed by atoms with Crippen molar-refractivity contribution >= 4 is 11.6 Å². The molecule has 0 N–H and O–H groups in total. The van der Waals surface area contributed by atoms with Gasteiger partial charge in [0, 0.05) is 11.5 Å². The molecule has 0 unspecified atom stereocenters. The van der Waals surface area contributed by atoms with Crippen molar-refractivity contribution in [3.63, 3.8) is 0 Å². The van der Waals surface area contributed by atoms with E-state index in [1.165, 1.54) is 12.1 Å². The van der Waals surface area contributed by atoms with E-state index in [-0.39, 0.29) is 11.5 Å². The molecule has 1 aromatic carbocycles. The van der Waals surface area contributed by atoms with E-state index in [0.717, 1.165) is 32.1 Å². The van der Waals surface area contributed by atoms with Crippen LogP contribution in [0.25, 0.3) is 0 Å². The van der Waals surface area contributed by atoms with E-state index in [2.05, 4.69) is 11.8 Å². The SMILES string of the molecule is CCCc1cc(F)c(C#CC2CCC(C=CCl)CC2)c(F)c1. The first-order valence-electron chi connectivity index (χ1n) is 7.90. The Bertz CT molecular complexity index is 564. The fourth-order valence-electron chi connectivity index (χ4n) is 2.91. The van der Waals surface area contributed by atoms with E-state index in [1.54, 1.807) is 5.54 Å². The van der Waals surface area contributed by atoms with Crippen LogP contribution in [0.2, 0.25) is 0 Å². The maximum absolute atomic E-state index is 14.0. The summed E-state index contributed by atoms with van der Waals surface area (Å²) < 4.78 is 28.0. The van der Waals surface area contributed by atoms with E-state index in [4.69, 9.17) is 11.6 Å². The summed E-state index contributed by atoms with van der Waals surface area (Å²) in [5, 5.41) is 0. The molecule has 22 heavy (non-hydrogen) atoms. The summed E-state index contributed by atoms with van der Waals surface area (Å²) in [7, 11) is 0. The Labute approximate surface area is 136 Å². The summed E-state index contributed by atoms with van der Waals surface area (Å²) in [6.07, 6.45) is 7.53. The lowest BCUT2D eigenvalue weighted by atomic mass is 9.82. The van der Waals surface area contributed by atoms with Crippen molar-refractivity contribution in [2.75, 3.05) is 0 Å². The lowest BCUT2D eigenvalue weighted by Crippen LogP contribution is -2.11. The minimum Gasteiger partial charge on any atom is -0.206 e. The molecule has 0 spiro atoms. The number of allylic oxidation sites excluding steroid dienone is 1. The van der Waals surface area contributed by atoms with Crippen molar-refractivity contribution in [2.45, 2.75) is 45.4 Å². The number of benzene rings is 1. The van der Waals surface area contributed by atoms with Gasteiger partial charge in [-0.3, -0.25) is 0 Å². The zero-order valence-corrected chi connectivity index (χ0v) is 13.6. The van der Waals surface area contributed by atoms with Gasteiger partial charge in [-0.05, 0) is 55.7 Å². The molecular weight excluding hydrogens is 302 g/mol. The summed E-state index contributed by atoms with van der Waals surface area (Å²) in [6, 6.07) is 2.80. The second-order valence-electron chi connectivity index (χ2n) is 5.88. The van der Waals surface area contributed by atoms with Gasteiger partial charge in [0.25, 0.3) is 0 Å². The fourth-order valence-corrected chi connectivity index (χ4v) is 3.12. The molecule has 1 aliphatic carbocycles. The second kappa shape index (κ2) is 8.34. The Morgan fingerprint density at radius 2 is 1.82 bits per heavy atom. The van der Waals surface area contributed by atoms with Gasteiger partial charge in [0.1, 0.15) is 11.6 Å². The molecule has 1 aromatic rings. The highest BCUT2D eigenvalue weighted by Crippen LogP contribution is 2.29. The van der Waals surface area contributed by atoms with Crippen LogP contribution >= 0.6 is 11.6 Å². The van der Waals surface area contributed by atoms with Crippen molar-refractivity contribution in [2.24, 2.45) is 11.8 Å². The van der Waals surface area contributed by atoms with Crippen molar-refractivity contribution in [3.05, 3.63) is 46.5 Å². The molecular formula is C19H21ClF2. The van der Waals surface area contributed by atoms with E-state index < -0.39 is 11.6 Å². The quantitative estimate of drug-likeness (QED) is 0.614. The number of rotatable bonds is 3. The van der Waals surface area contributed by atoms with Gasteiger partial charge in [0.05, 0.1) is 5.56 Å². The standard InChI is InChI=1S/C19H21ClF2/c1-2-3-16-12-18(21)17(19(22)13-16)9-8-14-4-6-15(7-5-14)10-11-20/h10-15H,2-7H2,1H3. The molecule has 0 radical (unpaired) electrons. The van der Waals surface area contributed by atoms with Crippen LogP contribution < -0.4 is 0 Å². The van der Waals surface area contributed by atoms with Gasteiger partial charge in [0.2, 0.25) is 0 Å². The first kappa shape index (κ1) is 17.0. The average molecular weight is 323 g/mol. The van der Waals surface area contributed by atoms with Crippen LogP contribution in [0.4, 0.5) is 8.78 Å². The van der Waals surface area contributed by atoms with Crippen molar-refractivity contribution in [1.29, 1.82) is 0 Å². The fraction of sp³-hybridized carbons (Fsp3) is 0.474. The largest absolute Gasteiger partial charge is 0.206 e. The molecule has 1 aliphatic rings. The number of hydrogen-bond acceptors (Lipinski definition) is 0. The van der Waals surface area contributed by atoms with E-state index >= 15 is 0 Å². The van der Waals surface area contributed by atoms with Crippen LogP contribution in [-0.2, 0) is 6.42 Å². The summed E-state index contributed by atoms with van der Waals surface area (Å²) in [5.74, 6) is 5.40. The molecule has 0 aromatic heterocycles. The van der Waals surface area contributed by atoms with Crippen LogP contribution in [0.5, 0.6) is 0 Å². The zero-order valence-electron chi connectivity index (χ0n) is 12.8. The first-order valence-corrected chi connectivity index (χ1v) is 8.34. The monoisotopic (exact) mass is 322 g/mol. The third kappa shape index (κ3) is 4.58. The molecule has 0 aliphatic heterocycles. The lowest BCUT2D eigenvalue weighted by Gasteiger charge is -2.22. The van der Waals surface area contributed by atoms with Gasteiger partial charge in [-0.2, -0.15) is 0 Å². The van der Waals surface area contributed by atoms with Gasteiger partial charge >= 0.3 is 0 Å². The average Bonchev–Trinajstić information content (AvgIpc) is 2.49. The first-order chi connectivity index (χ1) is 10.6. The summed E-state index contributed by atoms with van der Waals surface area (Å²) in [4.78, 5) is 0. The summed E-state index contributed by atoms with van der Waals surface area (Å²) in [6.45, 7) is 1.99. The maximum Gasteiger partial charge on any atom is 0.142 e. The highest BCUT2D eigenvalue weighted by Gasteiger charge is 2.18. The molecule has 2 rings (SSSR count). The third-order valence-corrected chi connectivity index (χ3v) is 4.30. The van der Waals surface area contributed by atoms with Crippen LogP contribution in [0, 0.1) is 35.3 Å². The van der Waals surface area contributed by atoms with Gasteiger partial charge in [-0.1, -0.05) is 42.9 Å². The van der Waals surface area contributed by atoms with Gasteiger partial charge in [-0.15, -0.1) is 0 Å². The highest BCUT2D eigenvalue weighted by atomic mass is 35.5. The van der Waals surface area contributed by atoms with Crippen molar-refractivity contribution in [3.8, 4) is 11.8 Å². The van der Waals surface area contributed by atoms with Crippen molar-refractivity contribution in [1.82, 2.24) is 0 Å². The predicted octanol–water partition coefficient (Wildman–Crippen LogP) is 5.83. The Morgan fingerprint density at radius 1 is 1.18 bits per heavy atom. The van der Waals surface area contributed by atoms with Gasteiger partial charge in [-0.25, -0.2) is 8.78 Å². The Kier molecular flexibility index (Phi) is 6.46. The van der Waals surface area contributed by atoms with E-state index in [1.807, 2.05) is 13.0 Å². The second-order valence-corrected chi connectivity index (χ2v) is 6.14. The molecule has 0 saturated heterocycles. The molecule has 0 atom stereocenters. The van der Waals surface area contributed by atoms with E-state index in [0.29, 0.717) is 17.9 Å². The normalized spacial score (nSPS) is 21.6. The number of halogens is 3. The van der Waals surface area contributed by atoms with Crippen LogP contribution in [-0.4, -0.2) is 0 Å². The Hall–Kier alpha value is -1.33. The molecule has 3 heteroatoms. The Balaban J connectivity index is 2.06. The Morgan fingerprint density at radius 3 is 2.36 bits per heavy atom. The maximum atomic E-state index is 14.0. The molecule has 0 nitrogen and oxygen atoms in total. The summed E-state index contributed by atoms with van der Waals surface area (Å²) in [5.41, 5.74) is 2.17. The minimum atomic E-state index is -0.547. The van der Waals surface area contributed by atoms with Crippen LogP contribution in [0.15, 0.2) is 23.7 Å². The third-order valence-electron chi connectivity index (χ3n) is 4.16. The molecule has 1 fully saturated rings. The highest BCUT2D eigenvalue weighted by molar-refractivity contribution is 6.25. The molecule has 0 amide bonds. The van der Waals surface area contributed by atoms with E-state index in [9.17, 15) is 8.78 Å². The number of hydrogen-bond donors (Lipinski definition) is 0. The topological polar surface area (TPSA) is 0 Å².